The van der Waals surface area contributed by atoms with E-state index in [1.807, 2.05) is 11.0 Å². The van der Waals surface area contributed by atoms with E-state index in [0.29, 0.717) is 42.6 Å². The molecule has 4 rings (SSSR count). The standard InChI is InChI=1S/C21H16ClFN4O2/c22-15-7-5-14(6-8-15)20(28)26-9-11-27(12-10-26)21-18(13-24)25-19(29-21)16-3-1-2-4-17(16)23/h1-8H,9-12H2. The fourth-order valence-electron chi connectivity index (χ4n) is 3.24. The second-order valence-corrected chi connectivity index (χ2v) is 6.99. The van der Waals surface area contributed by atoms with Crippen LogP contribution in [0.5, 0.6) is 0 Å². The largest absolute Gasteiger partial charge is 0.419 e. The molecule has 6 nitrogen and oxygen atoms in total. The van der Waals surface area contributed by atoms with Gasteiger partial charge in [-0.25, -0.2) is 4.39 Å². The number of rotatable bonds is 3. The number of nitriles is 1. The number of carbonyl (C=O) groups excluding carboxylic acids is 1. The van der Waals surface area contributed by atoms with Crippen LogP contribution >= 0.6 is 11.6 Å². The maximum atomic E-state index is 14.0. The summed E-state index contributed by atoms with van der Waals surface area (Å²) in [6.45, 7) is 1.87. The fourth-order valence-corrected chi connectivity index (χ4v) is 3.36. The molecule has 2 heterocycles. The first-order valence-electron chi connectivity index (χ1n) is 9.02. The SMILES string of the molecule is N#Cc1nc(-c2ccccc2F)oc1N1CCN(C(=O)c2ccc(Cl)cc2)CC1. The minimum Gasteiger partial charge on any atom is -0.419 e. The highest BCUT2D eigenvalue weighted by atomic mass is 35.5. The van der Waals surface area contributed by atoms with Gasteiger partial charge in [-0.15, -0.1) is 0 Å². The number of nitrogens with zero attached hydrogens (tertiary/aromatic N) is 4. The first-order valence-corrected chi connectivity index (χ1v) is 9.40. The maximum Gasteiger partial charge on any atom is 0.253 e. The summed E-state index contributed by atoms with van der Waals surface area (Å²) in [6, 6.07) is 14.9. The zero-order chi connectivity index (χ0) is 20.4. The van der Waals surface area contributed by atoms with Crippen molar-refractivity contribution in [1.29, 1.82) is 5.26 Å². The lowest BCUT2D eigenvalue weighted by atomic mass is 10.2. The average molecular weight is 411 g/mol. The molecule has 0 unspecified atom stereocenters. The molecule has 1 aromatic heterocycles. The molecular weight excluding hydrogens is 395 g/mol. The van der Waals surface area contributed by atoms with Crippen molar-refractivity contribution in [2.75, 3.05) is 31.1 Å². The quantitative estimate of drug-likeness (QED) is 0.653. The Morgan fingerprint density at radius 1 is 1.10 bits per heavy atom. The summed E-state index contributed by atoms with van der Waals surface area (Å²) < 4.78 is 19.8. The minimum atomic E-state index is -0.469. The zero-order valence-electron chi connectivity index (χ0n) is 15.3. The number of piperazine rings is 1. The van der Waals surface area contributed by atoms with Gasteiger partial charge in [0.25, 0.3) is 5.91 Å². The van der Waals surface area contributed by atoms with Gasteiger partial charge in [-0.1, -0.05) is 23.7 Å². The number of hydrogen-bond acceptors (Lipinski definition) is 5. The molecule has 0 spiro atoms. The molecule has 0 radical (unpaired) electrons. The first kappa shape index (κ1) is 19.0. The molecule has 1 aliphatic rings. The van der Waals surface area contributed by atoms with Crippen molar-refractivity contribution in [3.05, 3.63) is 70.6 Å². The average Bonchev–Trinajstić information content (AvgIpc) is 3.18. The van der Waals surface area contributed by atoms with Gasteiger partial charge >= 0.3 is 0 Å². The van der Waals surface area contributed by atoms with Crippen molar-refractivity contribution in [2.24, 2.45) is 0 Å². The molecule has 29 heavy (non-hydrogen) atoms. The van der Waals surface area contributed by atoms with E-state index in [9.17, 15) is 14.4 Å². The van der Waals surface area contributed by atoms with Crippen LogP contribution in [-0.4, -0.2) is 42.0 Å². The summed E-state index contributed by atoms with van der Waals surface area (Å²) in [5.41, 5.74) is 0.870. The molecule has 1 saturated heterocycles. The van der Waals surface area contributed by atoms with Gasteiger partial charge in [0.2, 0.25) is 17.5 Å². The van der Waals surface area contributed by atoms with Crippen molar-refractivity contribution in [3.63, 3.8) is 0 Å². The number of oxazole rings is 1. The Bertz CT molecular complexity index is 1080. The normalized spacial score (nSPS) is 14.0. The molecule has 0 saturated carbocycles. The van der Waals surface area contributed by atoms with Crippen molar-refractivity contribution in [1.82, 2.24) is 9.88 Å². The van der Waals surface area contributed by atoms with E-state index in [-0.39, 0.29) is 23.1 Å². The van der Waals surface area contributed by atoms with E-state index in [4.69, 9.17) is 16.0 Å². The molecule has 0 atom stereocenters. The Balaban J connectivity index is 1.50. The third-order valence-corrected chi connectivity index (χ3v) is 5.02. The number of carbonyl (C=O) groups is 1. The predicted molar refractivity (Wildman–Crippen MR) is 106 cm³/mol. The lowest BCUT2D eigenvalue weighted by molar-refractivity contribution is 0.0745. The van der Waals surface area contributed by atoms with E-state index in [1.54, 1.807) is 47.4 Å². The van der Waals surface area contributed by atoms with Crippen molar-refractivity contribution < 1.29 is 13.6 Å². The van der Waals surface area contributed by atoms with Gasteiger partial charge in [-0.2, -0.15) is 10.2 Å². The Kier molecular flexibility index (Phi) is 5.19. The molecule has 1 amide bonds. The predicted octanol–water partition coefficient (Wildman–Crippen LogP) is 3.97. The van der Waals surface area contributed by atoms with Crippen LogP contribution in [0, 0.1) is 17.1 Å². The van der Waals surface area contributed by atoms with Crippen LogP contribution in [0.15, 0.2) is 52.9 Å². The Morgan fingerprint density at radius 3 is 2.45 bits per heavy atom. The lowest BCUT2D eigenvalue weighted by Crippen LogP contribution is -2.48. The summed E-state index contributed by atoms with van der Waals surface area (Å²) in [5.74, 6) is -0.187. The monoisotopic (exact) mass is 410 g/mol. The van der Waals surface area contributed by atoms with E-state index >= 15 is 0 Å². The van der Waals surface area contributed by atoms with Crippen molar-refractivity contribution in [3.8, 4) is 17.5 Å². The second-order valence-electron chi connectivity index (χ2n) is 6.55. The number of halogens is 2. The minimum absolute atomic E-state index is 0.0642. The highest BCUT2D eigenvalue weighted by Crippen LogP contribution is 2.30. The zero-order valence-corrected chi connectivity index (χ0v) is 16.1. The molecule has 0 aliphatic carbocycles. The van der Waals surface area contributed by atoms with E-state index in [0.717, 1.165) is 0 Å². The summed E-state index contributed by atoms with van der Waals surface area (Å²) >= 11 is 5.88. The maximum absolute atomic E-state index is 14.0. The molecule has 8 heteroatoms. The van der Waals surface area contributed by atoms with Gasteiger partial charge in [0, 0.05) is 36.8 Å². The summed E-state index contributed by atoms with van der Waals surface area (Å²) in [5, 5.41) is 10.00. The smallest absolute Gasteiger partial charge is 0.253 e. The molecule has 1 aliphatic heterocycles. The topological polar surface area (TPSA) is 73.4 Å². The van der Waals surface area contributed by atoms with Gasteiger partial charge in [-0.3, -0.25) is 4.79 Å². The second kappa shape index (κ2) is 7.94. The number of aromatic nitrogens is 1. The van der Waals surface area contributed by atoms with Gasteiger partial charge < -0.3 is 14.2 Å². The van der Waals surface area contributed by atoms with Crippen molar-refractivity contribution >= 4 is 23.4 Å². The van der Waals surface area contributed by atoms with Crippen LogP contribution in [0.4, 0.5) is 10.3 Å². The van der Waals surface area contributed by atoms with Crippen LogP contribution in [0.25, 0.3) is 11.5 Å². The Labute approximate surface area is 171 Å². The summed E-state index contributed by atoms with van der Waals surface area (Å²) in [6.07, 6.45) is 0. The fraction of sp³-hybridized carbons (Fsp3) is 0.190. The van der Waals surface area contributed by atoms with Gasteiger partial charge in [0.05, 0.1) is 5.56 Å². The van der Waals surface area contributed by atoms with Crippen LogP contribution in [0.1, 0.15) is 16.1 Å². The summed E-state index contributed by atoms with van der Waals surface area (Å²) in [7, 11) is 0. The first-order chi connectivity index (χ1) is 14.1. The molecule has 2 aromatic carbocycles. The third-order valence-electron chi connectivity index (χ3n) is 4.76. The molecule has 146 valence electrons. The Morgan fingerprint density at radius 2 is 1.79 bits per heavy atom. The molecule has 1 fully saturated rings. The number of anilines is 1. The Hall–Kier alpha value is -3.37. The van der Waals surface area contributed by atoms with Gasteiger partial charge in [0.1, 0.15) is 11.9 Å². The van der Waals surface area contributed by atoms with Crippen LogP contribution in [0.3, 0.4) is 0 Å². The van der Waals surface area contributed by atoms with Crippen molar-refractivity contribution in [2.45, 2.75) is 0 Å². The van der Waals surface area contributed by atoms with E-state index < -0.39 is 5.82 Å². The van der Waals surface area contributed by atoms with Crippen LogP contribution < -0.4 is 4.90 Å². The molecule has 3 aromatic rings. The lowest BCUT2D eigenvalue weighted by Gasteiger charge is -2.34. The summed E-state index contributed by atoms with van der Waals surface area (Å²) in [4.78, 5) is 20.4. The molecule has 0 bridgehead atoms. The van der Waals surface area contributed by atoms with E-state index in [1.165, 1.54) is 6.07 Å². The third kappa shape index (κ3) is 3.80. The van der Waals surface area contributed by atoms with Gasteiger partial charge in [-0.05, 0) is 36.4 Å². The number of amides is 1. The number of hydrogen-bond donors (Lipinski definition) is 0. The van der Waals surface area contributed by atoms with E-state index in [2.05, 4.69) is 4.98 Å². The van der Waals surface area contributed by atoms with Crippen LogP contribution in [0.2, 0.25) is 5.02 Å². The molecular formula is C21H16ClFN4O2. The molecule has 0 N–H and O–H groups in total. The van der Waals surface area contributed by atoms with Crippen LogP contribution in [-0.2, 0) is 0 Å². The van der Waals surface area contributed by atoms with Gasteiger partial charge in [0.15, 0.2) is 0 Å². The number of benzene rings is 2. The highest BCUT2D eigenvalue weighted by molar-refractivity contribution is 6.30. The highest BCUT2D eigenvalue weighted by Gasteiger charge is 2.27.